The summed E-state index contributed by atoms with van der Waals surface area (Å²) in [6, 6.07) is 12.8. The van der Waals surface area contributed by atoms with Gasteiger partial charge < -0.3 is 10.4 Å². The van der Waals surface area contributed by atoms with Gasteiger partial charge in [-0.05, 0) is 47.9 Å². The van der Waals surface area contributed by atoms with E-state index in [4.69, 9.17) is 5.14 Å². The molecule has 0 aliphatic carbocycles. The Morgan fingerprint density at radius 2 is 1.82 bits per heavy atom. The molecule has 1 heterocycles. The summed E-state index contributed by atoms with van der Waals surface area (Å²) < 4.78 is 22.5. The molecule has 0 saturated heterocycles. The lowest BCUT2D eigenvalue weighted by Gasteiger charge is -2.05. The molecule has 8 nitrogen and oxygen atoms in total. The number of carbonyl (C=O) groups excluding carboxylic acids is 1. The Bertz CT molecular complexity index is 1110. The van der Waals surface area contributed by atoms with E-state index in [0.29, 0.717) is 16.8 Å². The number of amides is 1. The van der Waals surface area contributed by atoms with E-state index >= 15 is 0 Å². The van der Waals surface area contributed by atoms with E-state index in [2.05, 4.69) is 15.5 Å². The van der Waals surface area contributed by atoms with Crippen molar-refractivity contribution in [3.63, 3.8) is 0 Å². The topological polar surface area (TPSA) is 138 Å². The first-order valence-electron chi connectivity index (χ1n) is 8.55. The average molecular weight is 400 g/mol. The lowest BCUT2D eigenvalue weighted by atomic mass is 10.1. The van der Waals surface area contributed by atoms with Crippen molar-refractivity contribution in [1.82, 2.24) is 15.5 Å². The van der Waals surface area contributed by atoms with Crippen molar-refractivity contribution in [1.29, 1.82) is 0 Å². The summed E-state index contributed by atoms with van der Waals surface area (Å²) in [4.78, 5) is 12.3. The van der Waals surface area contributed by atoms with Gasteiger partial charge >= 0.3 is 0 Å². The minimum Gasteiger partial charge on any atom is -0.507 e. The minimum absolute atomic E-state index is 0.00917. The van der Waals surface area contributed by atoms with Crippen LogP contribution in [0.5, 0.6) is 5.75 Å². The zero-order valence-electron chi connectivity index (χ0n) is 15.1. The van der Waals surface area contributed by atoms with Gasteiger partial charge in [-0.2, -0.15) is 5.10 Å². The van der Waals surface area contributed by atoms with Crippen molar-refractivity contribution in [2.75, 3.05) is 0 Å². The maximum absolute atomic E-state index is 12.3. The van der Waals surface area contributed by atoms with Gasteiger partial charge in [0.2, 0.25) is 10.0 Å². The number of hydrogen-bond acceptors (Lipinski definition) is 5. The number of aromatic hydroxyl groups is 1. The second-order valence-corrected chi connectivity index (χ2v) is 7.80. The van der Waals surface area contributed by atoms with Gasteiger partial charge in [0.25, 0.3) is 5.91 Å². The number of rotatable bonds is 6. The second kappa shape index (κ2) is 7.83. The number of nitrogens with one attached hydrogen (secondary N) is 2. The third-order valence-corrected chi connectivity index (χ3v) is 5.20. The number of H-pyrrole nitrogens is 1. The highest BCUT2D eigenvalue weighted by Gasteiger charge is 2.14. The summed E-state index contributed by atoms with van der Waals surface area (Å²) in [7, 11) is -3.75. The Morgan fingerprint density at radius 3 is 2.46 bits per heavy atom. The number of primary sulfonamides is 1. The van der Waals surface area contributed by atoms with Crippen molar-refractivity contribution >= 4 is 15.9 Å². The van der Waals surface area contributed by atoms with Gasteiger partial charge in [0, 0.05) is 12.1 Å². The number of nitrogens with two attached hydrogens (primary N) is 1. The zero-order valence-corrected chi connectivity index (χ0v) is 16.0. The largest absolute Gasteiger partial charge is 0.507 e. The molecule has 0 bridgehead atoms. The lowest BCUT2D eigenvalue weighted by molar-refractivity contribution is 0.0946. The van der Waals surface area contributed by atoms with Gasteiger partial charge in [-0.15, -0.1) is 0 Å². The highest BCUT2D eigenvalue weighted by Crippen LogP contribution is 2.29. The molecule has 9 heteroatoms. The summed E-state index contributed by atoms with van der Waals surface area (Å²) in [5.74, 6) is -0.286. The zero-order chi connectivity index (χ0) is 20.3. The van der Waals surface area contributed by atoms with Crippen LogP contribution in [0.25, 0.3) is 11.3 Å². The molecule has 3 rings (SSSR count). The SMILES string of the molecule is CCc1ccc(O)c(-c2cc(C(=O)NCc3ccc(S(N)(=O)=O)cc3)[nH]n2)c1. The highest BCUT2D eigenvalue weighted by atomic mass is 32.2. The molecule has 28 heavy (non-hydrogen) atoms. The number of aromatic nitrogens is 2. The van der Waals surface area contributed by atoms with E-state index < -0.39 is 10.0 Å². The predicted octanol–water partition coefficient (Wildman–Crippen LogP) is 1.92. The molecule has 5 N–H and O–H groups in total. The van der Waals surface area contributed by atoms with Crippen LogP contribution < -0.4 is 10.5 Å². The fourth-order valence-corrected chi connectivity index (χ4v) is 3.17. The maximum atomic E-state index is 12.3. The Kier molecular flexibility index (Phi) is 5.48. The van der Waals surface area contributed by atoms with Crippen LogP contribution in [0.1, 0.15) is 28.5 Å². The molecule has 2 aromatic carbocycles. The number of hydrogen-bond donors (Lipinski definition) is 4. The quantitative estimate of drug-likeness (QED) is 0.501. The van der Waals surface area contributed by atoms with Crippen molar-refractivity contribution in [2.24, 2.45) is 5.14 Å². The summed E-state index contributed by atoms with van der Waals surface area (Å²) in [6.45, 7) is 2.21. The predicted molar refractivity (Wildman–Crippen MR) is 104 cm³/mol. The molecule has 0 fully saturated rings. The minimum atomic E-state index is -3.75. The number of phenols is 1. The molecule has 0 radical (unpaired) electrons. The second-order valence-electron chi connectivity index (χ2n) is 6.24. The molecule has 0 spiro atoms. The summed E-state index contributed by atoms with van der Waals surface area (Å²) in [5, 5.41) is 24.6. The first-order valence-corrected chi connectivity index (χ1v) is 10.1. The van der Waals surface area contributed by atoms with E-state index in [1.54, 1.807) is 24.3 Å². The van der Waals surface area contributed by atoms with E-state index in [9.17, 15) is 18.3 Å². The van der Waals surface area contributed by atoms with E-state index in [1.807, 2.05) is 19.1 Å². The first-order chi connectivity index (χ1) is 13.3. The van der Waals surface area contributed by atoms with Crippen LogP contribution in [0.3, 0.4) is 0 Å². The Labute approximate surface area is 162 Å². The van der Waals surface area contributed by atoms with Crippen molar-refractivity contribution in [3.05, 3.63) is 65.4 Å². The summed E-state index contributed by atoms with van der Waals surface area (Å²) in [6.07, 6.45) is 0.815. The van der Waals surface area contributed by atoms with Crippen LogP contribution in [0.2, 0.25) is 0 Å². The Balaban J connectivity index is 1.69. The molecule has 3 aromatic rings. The third-order valence-electron chi connectivity index (χ3n) is 4.27. The van der Waals surface area contributed by atoms with Crippen molar-refractivity contribution < 1.29 is 18.3 Å². The first kappa shape index (κ1) is 19.6. The normalized spacial score (nSPS) is 11.4. The molecule has 0 saturated carbocycles. The van der Waals surface area contributed by atoms with Gasteiger partial charge in [0.05, 0.1) is 10.6 Å². The molecule has 146 valence electrons. The number of aromatic amines is 1. The van der Waals surface area contributed by atoms with Gasteiger partial charge in [0.15, 0.2) is 0 Å². The number of aryl methyl sites for hydroxylation is 1. The van der Waals surface area contributed by atoms with Crippen LogP contribution in [0, 0.1) is 0 Å². The maximum Gasteiger partial charge on any atom is 0.269 e. The molecule has 0 atom stereocenters. The van der Waals surface area contributed by atoms with Crippen LogP contribution in [-0.4, -0.2) is 29.6 Å². The molecule has 0 unspecified atom stereocenters. The monoisotopic (exact) mass is 400 g/mol. The number of nitrogens with zero attached hydrogens (tertiary/aromatic N) is 1. The number of carbonyl (C=O) groups is 1. The Hall–Kier alpha value is -3.17. The van der Waals surface area contributed by atoms with Crippen LogP contribution in [-0.2, 0) is 23.0 Å². The lowest BCUT2D eigenvalue weighted by Crippen LogP contribution is -2.23. The van der Waals surface area contributed by atoms with E-state index in [0.717, 1.165) is 12.0 Å². The van der Waals surface area contributed by atoms with Crippen molar-refractivity contribution in [3.8, 4) is 17.0 Å². The molecule has 1 aromatic heterocycles. The van der Waals surface area contributed by atoms with Crippen LogP contribution in [0.4, 0.5) is 0 Å². The van der Waals surface area contributed by atoms with Gasteiger partial charge in [0.1, 0.15) is 11.4 Å². The van der Waals surface area contributed by atoms with Gasteiger partial charge in [-0.3, -0.25) is 9.89 Å². The number of phenolic OH excluding ortho intramolecular Hbond substituents is 1. The summed E-state index contributed by atoms with van der Waals surface area (Å²) in [5.41, 5.74) is 3.03. The van der Waals surface area contributed by atoms with E-state index in [-0.39, 0.29) is 28.8 Å². The number of sulfonamides is 1. The van der Waals surface area contributed by atoms with Crippen molar-refractivity contribution in [2.45, 2.75) is 24.8 Å². The van der Waals surface area contributed by atoms with Gasteiger partial charge in [-0.25, -0.2) is 13.6 Å². The molecule has 0 aliphatic heterocycles. The highest BCUT2D eigenvalue weighted by molar-refractivity contribution is 7.89. The standard InChI is InChI=1S/C19H20N4O4S/c1-2-12-5-8-18(24)15(9-12)16-10-17(23-22-16)19(25)21-11-13-3-6-14(7-4-13)28(20,26)27/h3-10,24H,2,11H2,1H3,(H,21,25)(H,22,23)(H2,20,26,27). The van der Waals surface area contributed by atoms with Gasteiger partial charge in [-0.1, -0.05) is 25.1 Å². The third kappa shape index (κ3) is 4.38. The average Bonchev–Trinajstić information content (AvgIpc) is 3.16. The molecule has 1 amide bonds. The molecule has 0 aliphatic rings. The molecular formula is C19H20N4O4S. The molecular weight excluding hydrogens is 380 g/mol. The fraction of sp³-hybridized carbons (Fsp3) is 0.158. The van der Waals surface area contributed by atoms with E-state index in [1.165, 1.54) is 12.1 Å². The smallest absolute Gasteiger partial charge is 0.269 e. The summed E-state index contributed by atoms with van der Waals surface area (Å²) >= 11 is 0. The van der Waals surface area contributed by atoms with Crippen LogP contribution in [0.15, 0.2) is 53.4 Å². The Morgan fingerprint density at radius 1 is 1.14 bits per heavy atom. The fourth-order valence-electron chi connectivity index (χ4n) is 2.66. The number of benzene rings is 2. The van der Waals surface area contributed by atoms with Crippen LogP contribution >= 0.6 is 0 Å².